The van der Waals surface area contributed by atoms with Gasteiger partial charge in [-0.2, -0.15) is 0 Å². The Morgan fingerprint density at radius 2 is 1.38 bits per heavy atom. The molecule has 0 spiro atoms. The van der Waals surface area contributed by atoms with Crippen molar-refractivity contribution in [2.24, 2.45) is 5.92 Å². The third-order valence-corrected chi connectivity index (χ3v) is 7.70. The lowest BCUT2D eigenvalue weighted by molar-refractivity contribution is -0.275. The maximum Gasteiger partial charge on any atom is 0.573 e. The predicted octanol–water partition coefficient (Wildman–Crippen LogP) is 7.98. The maximum absolute atomic E-state index is 13.5. The Bertz CT molecular complexity index is 1380. The first-order chi connectivity index (χ1) is 21.3. The molecule has 0 saturated carbocycles. The molecule has 242 valence electrons. The number of carbonyl (C=O) groups is 1. The Kier molecular flexibility index (Phi) is 10.6. The fourth-order valence-electron chi connectivity index (χ4n) is 5.61. The van der Waals surface area contributed by atoms with Crippen LogP contribution in [0, 0.1) is 5.92 Å². The highest BCUT2D eigenvalue weighted by atomic mass is 19.4. The minimum Gasteiger partial charge on any atom is -0.499 e. The van der Waals surface area contributed by atoms with Crippen LogP contribution < -0.4 is 14.8 Å². The number of benzene rings is 3. The minimum atomic E-state index is -4.98. The molecule has 1 N–H and O–H groups in total. The van der Waals surface area contributed by atoms with E-state index in [1.807, 2.05) is 6.92 Å². The second kappa shape index (κ2) is 14.2. The monoisotopic (exact) mass is 636 g/mol. The summed E-state index contributed by atoms with van der Waals surface area (Å²) in [5, 5.41) is 2.92. The molecule has 1 heterocycles. The van der Waals surface area contributed by atoms with Gasteiger partial charge in [-0.3, -0.25) is 0 Å². The highest BCUT2D eigenvalue weighted by Crippen LogP contribution is 2.40. The summed E-state index contributed by atoms with van der Waals surface area (Å²) in [5.74, 6) is -0.258. The van der Waals surface area contributed by atoms with E-state index < -0.39 is 35.7 Å². The van der Waals surface area contributed by atoms with Crippen molar-refractivity contribution in [3.63, 3.8) is 0 Å². The molecule has 1 fully saturated rings. The molecule has 1 aliphatic heterocycles. The number of halogens is 6. The van der Waals surface area contributed by atoms with Crippen molar-refractivity contribution >= 4 is 6.03 Å². The molecule has 0 aromatic heterocycles. The van der Waals surface area contributed by atoms with Gasteiger partial charge in [0.15, 0.2) is 0 Å². The van der Waals surface area contributed by atoms with E-state index in [-0.39, 0.29) is 30.0 Å². The van der Waals surface area contributed by atoms with Crippen LogP contribution in [-0.4, -0.2) is 49.9 Å². The molecule has 12 heteroatoms. The van der Waals surface area contributed by atoms with Crippen LogP contribution in [0.2, 0.25) is 0 Å². The number of nitrogens with zero attached hydrogens (tertiary/aromatic N) is 1. The van der Waals surface area contributed by atoms with E-state index in [9.17, 15) is 31.1 Å². The molecule has 0 radical (unpaired) electrons. The molecule has 0 atom stereocenters. The first-order valence-corrected chi connectivity index (χ1v) is 14.4. The highest BCUT2D eigenvalue weighted by molar-refractivity contribution is 5.74. The number of ether oxygens (including phenoxy) is 3. The predicted molar refractivity (Wildman–Crippen MR) is 156 cm³/mol. The lowest BCUT2D eigenvalue weighted by Gasteiger charge is -2.38. The van der Waals surface area contributed by atoms with Crippen LogP contribution in [0.25, 0.3) is 0 Å². The van der Waals surface area contributed by atoms with Gasteiger partial charge in [0.25, 0.3) is 0 Å². The Labute approximate surface area is 257 Å². The van der Waals surface area contributed by atoms with Gasteiger partial charge in [0, 0.05) is 31.0 Å². The van der Waals surface area contributed by atoms with Crippen molar-refractivity contribution in [1.82, 2.24) is 10.2 Å². The standard InChI is InChI=1S/C33H34F6N2O4/c1-3-43-23(2)25-15-17-41(18-16-25)30(42)40-22-31(21-24-9-5-4-6-10-24,26-11-7-13-28(19-26)44-32(34,35)36)27-12-8-14-29(20-27)45-33(37,38)39/h4-14,19-20,25H,2-3,15-18,21-22H2,1H3,(H,40,42). The van der Waals surface area contributed by atoms with Crippen LogP contribution in [0.4, 0.5) is 31.1 Å². The van der Waals surface area contributed by atoms with Crippen LogP contribution >= 0.6 is 0 Å². The van der Waals surface area contributed by atoms with Crippen molar-refractivity contribution in [2.45, 2.75) is 44.3 Å². The topological polar surface area (TPSA) is 60.0 Å². The number of alkyl halides is 6. The number of hydrogen-bond donors (Lipinski definition) is 1. The molecule has 2 amide bonds. The molecule has 45 heavy (non-hydrogen) atoms. The number of amides is 2. The number of hydrogen-bond acceptors (Lipinski definition) is 4. The van der Waals surface area contributed by atoms with Crippen molar-refractivity contribution < 1.29 is 45.3 Å². The van der Waals surface area contributed by atoms with E-state index in [4.69, 9.17) is 4.74 Å². The van der Waals surface area contributed by atoms with Crippen molar-refractivity contribution in [2.75, 3.05) is 26.2 Å². The number of urea groups is 1. The summed E-state index contributed by atoms with van der Waals surface area (Å²) in [5.41, 5.74) is -0.0611. The molecule has 4 rings (SSSR count). The molecular weight excluding hydrogens is 602 g/mol. The van der Waals surface area contributed by atoms with Gasteiger partial charge < -0.3 is 24.4 Å². The van der Waals surface area contributed by atoms with Crippen LogP contribution in [0.15, 0.2) is 91.2 Å². The Hall–Kier alpha value is -4.35. The summed E-state index contributed by atoms with van der Waals surface area (Å²) in [4.78, 5) is 15.1. The third-order valence-electron chi connectivity index (χ3n) is 7.70. The maximum atomic E-state index is 13.5. The largest absolute Gasteiger partial charge is 0.573 e. The van der Waals surface area contributed by atoms with Gasteiger partial charge in [-0.05, 0) is 67.1 Å². The van der Waals surface area contributed by atoms with Gasteiger partial charge in [0.05, 0.1) is 12.4 Å². The summed E-state index contributed by atoms with van der Waals surface area (Å²) >= 11 is 0. The molecule has 1 aliphatic rings. The Morgan fingerprint density at radius 1 is 0.844 bits per heavy atom. The van der Waals surface area contributed by atoms with E-state index in [0.717, 1.165) is 17.7 Å². The van der Waals surface area contributed by atoms with Crippen molar-refractivity contribution in [1.29, 1.82) is 0 Å². The van der Waals surface area contributed by atoms with Gasteiger partial charge >= 0.3 is 18.8 Å². The molecule has 0 unspecified atom stereocenters. The van der Waals surface area contributed by atoms with Crippen LogP contribution in [0.5, 0.6) is 11.5 Å². The fraction of sp³-hybridized carbons (Fsp3) is 0.364. The number of rotatable bonds is 11. The van der Waals surface area contributed by atoms with E-state index in [1.54, 1.807) is 47.4 Å². The first-order valence-electron chi connectivity index (χ1n) is 14.4. The minimum absolute atomic E-state index is 0.0962. The lowest BCUT2D eigenvalue weighted by Crippen LogP contribution is -2.50. The molecule has 3 aromatic rings. The fourth-order valence-corrected chi connectivity index (χ4v) is 5.61. The van der Waals surface area contributed by atoms with Gasteiger partial charge in [-0.15, -0.1) is 26.3 Å². The van der Waals surface area contributed by atoms with E-state index in [0.29, 0.717) is 38.3 Å². The number of carbonyl (C=O) groups excluding carboxylic acids is 1. The van der Waals surface area contributed by atoms with Crippen LogP contribution in [0.3, 0.4) is 0 Å². The van der Waals surface area contributed by atoms with E-state index in [2.05, 4.69) is 21.4 Å². The second-order valence-electron chi connectivity index (χ2n) is 10.7. The van der Waals surface area contributed by atoms with Gasteiger partial charge in [-0.1, -0.05) is 61.2 Å². The molecular formula is C33H34F6N2O4. The van der Waals surface area contributed by atoms with Crippen molar-refractivity contribution in [3.05, 3.63) is 108 Å². The number of allylic oxidation sites excluding steroid dienone is 1. The number of likely N-dealkylation sites (tertiary alicyclic amines) is 1. The zero-order valence-electron chi connectivity index (χ0n) is 24.6. The van der Waals surface area contributed by atoms with Crippen LogP contribution in [0.1, 0.15) is 36.5 Å². The van der Waals surface area contributed by atoms with Gasteiger partial charge in [0.1, 0.15) is 11.5 Å². The van der Waals surface area contributed by atoms with Gasteiger partial charge in [0.2, 0.25) is 0 Å². The summed E-state index contributed by atoms with van der Waals surface area (Å²) in [6.45, 7) is 6.99. The quantitative estimate of drug-likeness (QED) is 0.171. The first kappa shape index (κ1) is 33.5. The number of piperidine rings is 1. The zero-order valence-corrected chi connectivity index (χ0v) is 24.6. The molecule has 6 nitrogen and oxygen atoms in total. The van der Waals surface area contributed by atoms with Gasteiger partial charge in [-0.25, -0.2) is 4.79 Å². The van der Waals surface area contributed by atoms with E-state index in [1.165, 1.54) is 24.3 Å². The van der Waals surface area contributed by atoms with E-state index >= 15 is 0 Å². The van der Waals surface area contributed by atoms with Crippen LogP contribution in [-0.2, 0) is 16.6 Å². The Morgan fingerprint density at radius 3 is 1.87 bits per heavy atom. The molecule has 0 bridgehead atoms. The molecule has 1 saturated heterocycles. The summed E-state index contributed by atoms with van der Waals surface area (Å²) in [7, 11) is 0. The second-order valence-corrected chi connectivity index (χ2v) is 10.7. The smallest absolute Gasteiger partial charge is 0.499 e. The van der Waals surface area contributed by atoms with Crippen molar-refractivity contribution in [3.8, 4) is 11.5 Å². The average molecular weight is 637 g/mol. The summed E-state index contributed by atoms with van der Waals surface area (Å²) in [6, 6.07) is 19.0. The third kappa shape index (κ3) is 9.32. The molecule has 0 aliphatic carbocycles. The summed E-state index contributed by atoms with van der Waals surface area (Å²) < 4.78 is 93.2. The molecule has 3 aromatic carbocycles. The Balaban J connectivity index is 1.74. The SMILES string of the molecule is C=C(OCC)C1CCN(C(=O)NCC(Cc2ccccc2)(c2cccc(OC(F)(F)F)c2)c2cccc(OC(F)(F)F)c2)CC1. The zero-order chi connectivity index (χ0) is 32.7. The normalized spacial score (nSPS) is 14.5. The highest BCUT2D eigenvalue weighted by Gasteiger charge is 2.39. The lowest BCUT2D eigenvalue weighted by atomic mass is 9.70. The number of nitrogens with one attached hydrogen (secondary N) is 1. The summed E-state index contributed by atoms with van der Waals surface area (Å²) in [6.07, 6.45) is -8.58. The average Bonchev–Trinajstić information content (AvgIpc) is 2.98.